The predicted octanol–water partition coefficient (Wildman–Crippen LogP) is 2.51. The molecule has 1 saturated heterocycles. The maximum atomic E-state index is 12.9. The lowest BCUT2D eigenvalue weighted by molar-refractivity contribution is -0.132. The summed E-state index contributed by atoms with van der Waals surface area (Å²) in [5, 5.41) is 5.77. The van der Waals surface area contributed by atoms with Gasteiger partial charge in [-0.15, -0.1) is 0 Å². The summed E-state index contributed by atoms with van der Waals surface area (Å²) in [5.41, 5.74) is 1.47. The van der Waals surface area contributed by atoms with Crippen LogP contribution in [0.3, 0.4) is 0 Å². The van der Waals surface area contributed by atoms with E-state index in [4.69, 9.17) is 4.98 Å². The minimum Gasteiger partial charge on any atom is -0.353 e. The lowest BCUT2D eigenvalue weighted by Crippen LogP contribution is -2.50. The molecule has 8 nitrogen and oxygen atoms in total. The van der Waals surface area contributed by atoms with Gasteiger partial charge in [0.05, 0.1) is 11.1 Å². The Labute approximate surface area is 191 Å². The Bertz CT molecular complexity index is 1360. The number of aromatic nitrogens is 4. The zero-order chi connectivity index (χ0) is 22.8. The van der Waals surface area contributed by atoms with Crippen LogP contribution in [-0.2, 0) is 11.3 Å². The molecule has 1 aliphatic heterocycles. The third-order valence-electron chi connectivity index (χ3n) is 5.97. The number of piperazine rings is 1. The number of nitrogens with zero attached hydrogens (tertiary/aromatic N) is 6. The minimum absolute atomic E-state index is 0.0594. The summed E-state index contributed by atoms with van der Waals surface area (Å²) in [4.78, 5) is 38.8. The number of rotatable bonds is 4. The number of benzene rings is 2. The maximum Gasteiger partial charge on any atom is 0.275 e. The molecule has 0 aliphatic carbocycles. The number of carbonyl (C=O) groups is 1. The standard InChI is InChI=1S/C25H24N6O2/c1-18-20-9-5-6-10-21(20)25(33)31(28-18)17-23(32)30-15-13-29(14-16-30)22-11-12-26-24(27-22)19-7-3-2-4-8-19/h2-12H,13-17H2,1H3. The molecular formula is C25H24N6O2. The Hall–Kier alpha value is -4.07. The van der Waals surface area contributed by atoms with Crippen molar-refractivity contribution in [3.8, 4) is 11.4 Å². The Morgan fingerprint density at radius 3 is 2.36 bits per heavy atom. The quantitative estimate of drug-likeness (QED) is 0.485. The molecule has 3 heterocycles. The molecule has 1 fully saturated rings. The Morgan fingerprint density at radius 1 is 0.909 bits per heavy atom. The molecule has 2 aromatic carbocycles. The van der Waals surface area contributed by atoms with Crippen molar-refractivity contribution in [1.82, 2.24) is 24.6 Å². The van der Waals surface area contributed by atoms with Crippen molar-refractivity contribution >= 4 is 22.5 Å². The first-order valence-electron chi connectivity index (χ1n) is 11.0. The molecule has 0 spiro atoms. The van der Waals surface area contributed by atoms with Crippen molar-refractivity contribution < 1.29 is 4.79 Å². The normalized spacial score (nSPS) is 14.0. The van der Waals surface area contributed by atoms with Crippen molar-refractivity contribution in [1.29, 1.82) is 0 Å². The zero-order valence-electron chi connectivity index (χ0n) is 18.4. The van der Waals surface area contributed by atoms with E-state index in [1.54, 1.807) is 17.2 Å². The molecule has 0 saturated carbocycles. The molecule has 1 amide bonds. The van der Waals surface area contributed by atoms with Crippen LogP contribution in [0.2, 0.25) is 0 Å². The first-order valence-corrected chi connectivity index (χ1v) is 11.0. The van der Waals surface area contributed by atoms with E-state index >= 15 is 0 Å². The van der Waals surface area contributed by atoms with Crippen molar-refractivity contribution in [2.24, 2.45) is 0 Å². The highest BCUT2D eigenvalue weighted by atomic mass is 16.2. The van der Waals surface area contributed by atoms with Crippen LogP contribution in [0.1, 0.15) is 5.69 Å². The van der Waals surface area contributed by atoms with Gasteiger partial charge in [0, 0.05) is 43.3 Å². The molecule has 0 N–H and O–H groups in total. The zero-order valence-corrected chi connectivity index (χ0v) is 18.4. The summed E-state index contributed by atoms with van der Waals surface area (Å²) >= 11 is 0. The van der Waals surface area contributed by atoms with E-state index in [0.717, 1.165) is 22.5 Å². The molecule has 5 rings (SSSR count). The van der Waals surface area contributed by atoms with E-state index in [1.165, 1.54) is 4.68 Å². The highest BCUT2D eigenvalue weighted by molar-refractivity contribution is 5.83. The van der Waals surface area contributed by atoms with E-state index in [2.05, 4.69) is 15.0 Å². The van der Waals surface area contributed by atoms with Crippen LogP contribution in [0.4, 0.5) is 5.82 Å². The van der Waals surface area contributed by atoms with Gasteiger partial charge in [0.2, 0.25) is 5.91 Å². The summed E-state index contributed by atoms with van der Waals surface area (Å²) < 4.78 is 1.28. The number of carbonyl (C=O) groups excluding carboxylic acids is 1. The monoisotopic (exact) mass is 440 g/mol. The second-order valence-electron chi connectivity index (χ2n) is 8.07. The van der Waals surface area contributed by atoms with Crippen LogP contribution < -0.4 is 10.5 Å². The topological polar surface area (TPSA) is 84.2 Å². The second kappa shape index (κ2) is 8.82. The fourth-order valence-corrected chi connectivity index (χ4v) is 4.18. The van der Waals surface area contributed by atoms with E-state index < -0.39 is 0 Å². The third kappa shape index (κ3) is 4.19. The van der Waals surface area contributed by atoms with Crippen LogP contribution >= 0.6 is 0 Å². The maximum absolute atomic E-state index is 12.9. The lowest BCUT2D eigenvalue weighted by Gasteiger charge is -2.35. The van der Waals surface area contributed by atoms with Crippen LogP contribution in [0.5, 0.6) is 0 Å². The molecule has 0 bridgehead atoms. The molecule has 166 valence electrons. The summed E-state index contributed by atoms with van der Waals surface area (Å²) in [6.07, 6.45) is 1.77. The van der Waals surface area contributed by atoms with Crippen molar-refractivity contribution in [2.45, 2.75) is 13.5 Å². The Kier molecular flexibility index (Phi) is 5.56. The molecule has 0 unspecified atom stereocenters. The highest BCUT2D eigenvalue weighted by Gasteiger charge is 2.23. The van der Waals surface area contributed by atoms with Crippen LogP contribution in [0.25, 0.3) is 22.2 Å². The number of hydrogen-bond acceptors (Lipinski definition) is 6. The van der Waals surface area contributed by atoms with Gasteiger partial charge < -0.3 is 9.80 Å². The van der Waals surface area contributed by atoms with Gasteiger partial charge in [-0.25, -0.2) is 14.6 Å². The first-order chi connectivity index (χ1) is 16.1. The molecule has 0 atom stereocenters. The van der Waals surface area contributed by atoms with Crippen molar-refractivity contribution in [2.75, 3.05) is 31.1 Å². The Balaban J connectivity index is 1.27. The van der Waals surface area contributed by atoms with E-state index in [0.29, 0.717) is 37.4 Å². The fourth-order valence-electron chi connectivity index (χ4n) is 4.18. The van der Waals surface area contributed by atoms with Crippen molar-refractivity contribution in [3.63, 3.8) is 0 Å². The smallest absolute Gasteiger partial charge is 0.275 e. The van der Waals surface area contributed by atoms with Gasteiger partial charge in [-0.05, 0) is 19.1 Å². The van der Waals surface area contributed by atoms with E-state index in [1.807, 2.05) is 61.5 Å². The van der Waals surface area contributed by atoms with Gasteiger partial charge >= 0.3 is 0 Å². The summed E-state index contributed by atoms with van der Waals surface area (Å²) in [6.45, 7) is 4.24. The summed E-state index contributed by atoms with van der Waals surface area (Å²) in [6, 6.07) is 19.1. The van der Waals surface area contributed by atoms with Gasteiger partial charge in [0.15, 0.2) is 5.82 Å². The summed E-state index contributed by atoms with van der Waals surface area (Å²) in [5.74, 6) is 1.43. The van der Waals surface area contributed by atoms with Crippen LogP contribution in [0, 0.1) is 6.92 Å². The third-order valence-corrected chi connectivity index (χ3v) is 5.97. The number of hydrogen-bond donors (Lipinski definition) is 0. The molecule has 0 radical (unpaired) electrons. The first kappa shape index (κ1) is 20.8. The van der Waals surface area contributed by atoms with Crippen molar-refractivity contribution in [3.05, 3.63) is 82.9 Å². The molecule has 8 heteroatoms. The largest absolute Gasteiger partial charge is 0.353 e. The van der Waals surface area contributed by atoms with E-state index in [9.17, 15) is 9.59 Å². The molecule has 33 heavy (non-hydrogen) atoms. The van der Waals surface area contributed by atoms with Gasteiger partial charge in [0.1, 0.15) is 12.4 Å². The van der Waals surface area contributed by atoms with E-state index in [-0.39, 0.29) is 18.0 Å². The van der Waals surface area contributed by atoms with Crippen LogP contribution in [0.15, 0.2) is 71.7 Å². The molecular weight excluding hydrogens is 416 g/mol. The number of fused-ring (bicyclic) bond motifs is 1. The number of aryl methyl sites for hydroxylation is 1. The van der Waals surface area contributed by atoms with Gasteiger partial charge in [-0.3, -0.25) is 9.59 Å². The number of anilines is 1. The van der Waals surface area contributed by atoms with Gasteiger partial charge in [-0.2, -0.15) is 5.10 Å². The minimum atomic E-state index is -0.238. The van der Waals surface area contributed by atoms with Gasteiger partial charge in [0.25, 0.3) is 5.56 Å². The summed E-state index contributed by atoms with van der Waals surface area (Å²) in [7, 11) is 0. The lowest BCUT2D eigenvalue weighted by atomic mass is 10.1. The predicted molar refractivity (Wildman–Crippen MR) is 127 cm³/mol. The Morgan fingerprint density at radius 2 is 1.61 bits per heavy atom. The average molecular weight is 441 g/mol. The number of amides is 1. The highest BCUT2D eigenvalue weighted by Crippen LogP contribution is 2.19. The second-order valence-corrected chi connectivity index (χ2v) is 8.07. The average Bonchev–Trinajstić information content (AvgIpc) is 2.88. The molecule has 2 aromatic heterocycles. The molecule has 4 aromatic rings. The molecule has 1 aliphatic rings. The fraction of sp³-hybridized carbons (Fsp3) is 0.240. The van der Waals surface area contributed by atoms with Gasteiger partial charge in [-0.1, -0.05) is 48.5 Å². The van der Waals surface area contributed by atoms with Crippen LogP contribution in [-0.4, -0.2) is 56.7 Å². The SMILES string of the molecule is Cc1nn(CC(=O)N2CCN(c3ccnc(-c4ccccc4)n3)CC2)c(=O)c2ccccc12.